The topological polar surface area (TPSA) is 52.6 Å². The van der Waals surface area contributed by atoms with Crippen LogP contribution in [-0.2, 0) is 19.7 Å². The van der Waals surface area contributed by atoms with Crippen LogP contribution >= 0.6 is 0 Å². The predicted molar refractivity (Wildman–Crippen MR) is 117 cm³/mol. The number of benzene rings is 1. The van der Waals surface area contributed by atoms with E-state index in [9.17, 15) is 9.59 Å². The van der Waals surface area contributed by atoms with Crippen LogP contribution < -0.4 is 4.74 Å². The first-order valence-electron chi connectivity index (χ1n) is 10.5. The molecule has 1 aromatic carbocycles. The molecule has 4 rings (SSSR count). The summed E-state index contributed by atoms with van der Waals surface area (Å²) >= 11 is 0. The minimum Gasteiger partial charge on any atom is -0.422 e. The Morgan fingerprint density at radius 3 is 2.10 bits per heavy atom. The van der Waals surface area contributed by atoms with Gasteiger partial charge in [-0.25, -0.2) is 9.59 Å². The van der Waals surface area contributed by atoms with Crippen LogP contribution in [0.1, 0.15) is 72.9 Å². The molecule has 3 aliphatic rings. The lowest BCUT2D eigenvalue weighted by Gasteiger charge is -2.33. The van der Waals surface area contributed by atoms with Crippen LogP contribution in [0.5, 0.6) is 5.75 Å². The molecular weight excluding hydrogens is 376 g/mol. The van der Waals surface area contributed by atoms with Crippen molar-refractivity contribution < 1.29 is 19.1 Å². The van der Waals surface area contributed by atoms with E-state index in [1.165, 1.54) is 0 Å². The zero-order chi connectivity index (χ0) is 22.2. The highest BCUT2D eigenvalue weighted by Crippen LogP contribution is 2.52. The van der Waals surface area contributed by atoms with Gasteiger partial charge >= 0.3 is 11.9 Å². The van der Waals surface area contributed by atoms with E-state index < -0.39 is 11.9 Å². The lowest BCUT2D eigenvalue weighted by molar-refractivity contribution is -0.133. The van der Waals surface area contributed by atoms with E-state index in [1.54, 1.807) is 0 Å². The lowest BCUT2D eigenvalue weighted by atomic mass is 9.71. The van der Waals surface area contributed by atoms with Crippen molar-refractivity contribution in [1.29, 1.82) is 0 Å². The molecule has 4 heteroatoms. The van der Waals surface area contributed by atoms with E-state index in [1.807, 2.05) is 18.2 Å². The van der Waals surface area contributed by atoms with Crippen LogP contribution in [0, 0.1) is 10.8 Å². The van der Waals surface area contributed by atoms with E-state index in [0.29, 0.717) is 34.6 Å². The van der Waals surface area contributed by atoms with Crippen molar-refractivity contribution in [2.75, 3.05) is 0 Å². The maximum atomic E-state index is 13.1. The first-order valence-corrected chi connectivity index (χ1v) is 10.5. The van der Waals surface area contributed by atoms with Crippen molar-refractivity contribution in [3.63, 3.8) is 0 Å². The third-order valence-electron chi connectivity index (χ3n) is 5.94. The molecule has 0 N–H and O–H groups in total. The van der Waals surface area contributed by atoms with Gasteiger partial charge in [0.1, 0.15) is 11.5 Å². The molecule has 0 atom stereocenters. The molecular formula is C26H30O4. The summed E-state index contributed by atoms with van der Waals surface area (Å²) in [5.74, 6) is 0.226. The highest BCUT2D eigenvalue weighted by Gasteiger charge is 2.46. The summed E-state index contributed by atoms with van der Waals surface area (Å²) in [6.07, 6.45) is 2.83. The Balaban J connectivity index is 1.98. The Labute approximate surface area is 178 Å². The van der Waals surface area contributed by atoms with Gasteiger partial charge in [-0.3, -0.25) is 0 Å². The van der Waals surface area contributed by atoms with Crippen LogP contribution in [0.3, 0.4) is 0 Å². The minimum absolute atomic E-state index is 0.153. The second-order valence-electron chi connectivity index (χ2n) is 11.2. The van der Waals surface area contributed by atoms with Gasteiger partial charge in [-0.15, -0.1) is 0 Å². The third kappa shape index (κ3) is 3.13. The monoisotopic (exact) mass is 406 g/mol. The number of carbonyl (C=O) groups excluding carboxylic acids is 2. The average Bonchev–Trinajstić information content (AvgIpc) is 3.06. The molecule has 1 aromatic rings. The Hall–Kier alpha value is -2.62. The number of ether oxygens (including phenoxy) is 2. The van der Waals surface area contributed by atoms with Crippen LogP contribution in [0.4, 0.5) is 0 Å². The average molecular weight is 407 g/mol. The maximum Gasteiger partial charge on any atom is 0.345 e. The summed E-state index contributed by atoms with van der Waals surface area (Å²) in [5.41, 5.74) is 3.61. The van der Waals surface area contributed by atoms with Crippen molar-refractivity contribution in [3.8, 4) is 5.75 Å². The van der Waals surface area contributed by atoms with Gasteiger partial charge in [-0.1, -0.05) is 79.7 Å². The highest BCUT2D eigenvalue weighted by molar-refractivity contribution is 6.29. The zero-order valence-electron chi connectivity index (χ0n) is 19.1. The van der Waals surface area contributed by atoms with Crippen LogP contribution in [-0.4, -0.2) is 11.9 Å². The molecule has 30 heavy (non-hydrogen) atoms. The molecule has 158 valence electrons. The smallest absolute Gasteiger partial charge is 0.345 e. The standard InChI is InChI=1S/C26H30O4/c1-24(2,3)16-11-9-10-14-18(22(27)29-20(14)16)19-15-12-26(7,8)13-17(25(4,5)6)21(15)30-23(19)28/h9-11,13H,12H2,1-8H3. The van der Waals surface area contributed by atoms with Crippen molar-refractivity contribution in [3.05, 3.63) is 57.9 Å². The Morgan fingerprint density at radius 2 is 1.50 bits per heavy atom. The van der Waals surface area contributed by atoms with E-state index in [2.05, 4.69) is 61.5 Å². The molecule has 0 aromatic heterocycles. The summed E-state index contributed by atoms with van der Waals surface area (Å²) in [7, 11) is 0. The molecule has 0 fully saturated rings. The number of esters is 2. The van der Waals surface area contributed by atoms with Crippen molar-refractivity contribution in [2.45, 2.75) is 67.2 Å². The van der Waals surface area contributed by atoms with Gasteiger partial charge in [-0.2, -0.15) is 0 Å². The molecule has 2 aliphatic heterocycles. The molecule has 0 spiro atoms. The summed E-state index contributed by atoms with van der Waals surface area (Å²) in [4.78, 5) is 26.1. The van der Waals surface area contributed by atoms with Gasteiger partial charge in [0.15, 0.2) is 0 Å². The SMILES string of the molecule is CC1(C)C=C(C(C)(C)C)C2=C(C1)C(=C1C(=O)Oc3c1cccc3C(C)(C)C)C(=O)O2. The van der Waals surface area contributed by atoms with Gasteiger partial charge in [0.25, 0.3) is 0 Å². The molecule has 0 radical (unpaired) electrons. The minimum atomic E-state index is -0.480. The lowest BCUT2D eigenvalue weighted by Crippen LogP contribution is -2.22. The van der Waals surface area contributed by atoms with E-state index in [-0.39, 0.29) is 16.2 Å². The fraction of sp³-hybridized carbons (Fsp3) is 0.462. The number of hydrogen-bond acceptors (Lipinski definition) is 4. The van der Waals surface area contributed by atoms with Crippen molar-refractivity contribution >= 4 is 17.5 Å². The molecule has 0 bridgehead atoms. The Bertz CT molecular complexity index is 1080. The second-order valence-corrected chi connectivity index (χ2v) is 11.2. The fourth-order valence-electron chi connectivity index (χ4n) is 4.53. The molecule has 4 nitrogen and oxygen atoms in total. The van der Waals surface area contributed by atoms with Crippen LogP contribution in [0.2, 0.25) is 0 Å². The zero-order valence-corrected chi connectivity index (χ0v) is 19.1. The summed E-state index contributed by atoms with van der Waals surface area (Å²) in [6.45, 7) is 16.9. The van der Waals surface area contributed by atoms with Gasteiger partial charge < -0.3 is 9.47 Å². The number of allylic oxidation sites excluding steroid dienone is 2. The number of hydrogen-bond donors (Lipinski definition) is 0. The number of para-hydroxylation sites is 1. The Kier molecular flexibility index (Phi) is 4.26. The summed E-state index contributed by atoms with van der Waals surface area (Å²) < 4.78 is 11.5. The molecule has 0 saturated heterocycles. The predicted octanol–water partition coefficient (Wildman–Crippen LogP) is 5.87. The number of fused-ring (bicyclic) bond motifs is 1. The van der Waals surface area contributed by atoms with Gasteiger partial charge in [0.05, 0.1) is 11.1 Å². The third-order valence-corrected chi connectivity index (χ3v) is 5.94. The highest BCUT2D eigenvalue weighted by atomic mass is 16.5. The fourth-order valence-corrected chi connectivity index (χ4v) is 4.53. The first-order chi connectivity index (χ1) is 13.7. The van der Waals surface area contributed by atoms with Crippen LogP contribution in [0.15, 0.2) is 46.8 Å². The largest absolute Gasteiger partial charge is 0.422 e. The summed E-state index contributed by atoms with van der Waals surface area (Å²) in [6, 6.07) is 5.75. The molecule has 2 heterocycles. The van der Waals surface area contributed by atoms with Crippen LogP contribution in [0.25, 0.3) is 5.57 Å². The van der Waals surface area contributed by atoms with Gasteiger partial charge in [-0.05, 0) is 28.2 Å². The van der Waals surface area contributed by atoms with Crippen molar-refractivity contribution in [1.82, 2.24) is 0 Å². The van der Waals surface area contributed by atoms with Gasteiger partial charge in [0, 0.05) is 16.7 Å². The molecule has 1 aliphatic carbocycles. The van der Waals surface area contributed by atoms with E-state index in [0.717, 1.165) is 16.7 Å². The summed E-state index contributed by atoms with van der Waals surface area (Å²) in [5, 5.41) is 0. The Morgan fingerprint density at radius 1 is 0.867 bits per heavy atom. The second kappa shape index (κ2) is 6.19. The molecule has 0 unspecified atom stereocenters. The quantitative estimate of drug-likeness (QED) is 0.307. The number of carbonyl (C=O) groups is 2. The number of rotatable bonds is 0. The molecule has 0 amide bonds. The van der Waals surface area contributed by atoms with E-state index in [4.69, 9.17) is 9.47 Å². The normalized spacial score (nSPS) is 23.1. The van der Waals surface area contributed by atoms with Gasteiger partial charge in [0.2, 0.25) is 0 Å². The van der Waals surface area contributed by atoms with Crippen molar-refractivity contribution in [2.24, 2.45) is 10.8 Å². The molecule has 0 saturated carbocycles. The van der Waals surface area contributed by atoms with E-state index >= 15 is 0 Å². The maximum absolute atomic E-state index is 13.1. The first kappa shape index (κ1) is 20.6.